The van der Waals surface area contributed by atoms with Crippen LogP contribution in [0.15, 0.2) is 199 Å². The highest BCUT2D eigenvalue weighted by Crippen LogP contribution is 2.41. The number of hydrogen-bond acceptors (Lipinski definition) is 5. The average Bonchev–Trinajstić information content (AvgIpc) is 3.65. The molecule has 0 aliphatic carbocycles. The molecule has 5 heteroatoms. The summed E-state index contributed by atoms with van der Waals surface area (Å²) in [6, 6.07) is 50.3. The summed E-state index contributed by atoms with van der Waals surface area (Å²) in [4.78, 5) is 17.3. The van der Waals surface area contributed by atoms with E-state index in [0.717, 1.165) is 72.4 Å². The van der Waals surface area contributed by atoms with Gasteiger partial charge < -0.3 is 9.32 Å². The molecule has 0 amide bonds. The SMILES string of the molecule is C=C/C(=C\C=C/C)c1ccc(N(c2ccc(-c3ccccc3)cc2)c2ccc3c(c2)oc2cccc(-c4nc(C(/C=C\C)=C/C)nc(-c5ccccc5)n4)c23)cc1. The summed E-state index contributed by atoms with van der Waals surface area (Å²) in [5.41, 5.74) is 11.7. The van der Waals surface area contributed by atoms with Crippen LogP contribution in [0.5, 0.6) is 0 Å². The van der Waals surface area contributed by atoms with Gasteiger partial charge in [0.25, 0.3) is 0 Å². The summed E-state index contributed by atoms with van der Waals surface area (Å²) in [5, 5.41) is 1.93. The molecule has 8 rings (SSSR count). The second-order valence-corrected chi connectivity index (χ2v) is 13.5. The lowest BCUT2D eigenvalue weighted by Gasteiger charge is -2.26. The van der Waals surface area contributed by atoms with E-state index in [1.54, 1.807) is 0 Å². The second-order valence-electron chi connectivity index (χ2n) is 13.5. The van der Waals surface area contributed by atoms with Gasteiger partial charge in [0.15, 0.2) is 17.5 Å². The van der Waals surface area contributed by atoms with Crippen molar-refractivity contribution in [2.24, 2.45) is 0 Å². The minimum absolute atomic E-state index is 0.586. The standard InChI is InChI=1S/C52H42N4O/c1-5-9-18-36(7-3)39-25-29-42(30-26-39)56(43-31-27-40(28-32-43)38-19-12-10-13-20-38)44-33-34-45-48(35-44)57-47-24-16-23-46(49(45)47)52-54-50(37(8-4)17-6-2)53-51(55-52)41-21-14-11-15-22-41/h5-35H,3H2,1-2,4H3/b9-5-,17-6-,36-18+,37-8+. The highest BCUT2D eigenvalue weighted by atomic mass is 16.3. The molecule has 0 radical (unpaired) electrons. The molecule has 0 unspecified atom stereocenters. The van der Waals surface area contributed by atoms with Gasteiger partial charge in [-0.3, -0.25) is 0 Å². The fourth-order valence-electron chi connectivity index (χ4n) is 7.13. The molecule has 0 saturated heterocycles. The van der Waals surface area contributed by atoms with Crippen LogP contribution in [0.25, 0.3) is 67.0 Å². The molecule has 2 aromatic heterocycles. The number of furan rings is 1. The number of benzene rings is 6. The molecular weight excluding hydrogens is 697 g/mol. The lowest BCUT2D eigenvalue weighted by Crippen LogP contribution is -2.09. The Morgan fingerprint density at radius 2 is 1.23 bits per heavy atom. The summed E-state index contributed by atoms with van der Waals surface area (Å²) < 4.78 is 6.66. The van der Waals surface area contributed by atoms with Crippen molar-refractivity contribution < 1.29 is 4.42 Å². The normalized spacial score (nSPS) is 12.3. The molecule has 0 bridgehead atoms. The minimum Gasteiger partial charge on any atom is -0.456 e. The Bertz CT molecular complexity index is 2810. The quantitative estimate of drug-likeness (QED) is 0.124. The maximum Gasteiger partial charge on any atom is 0.164 e. The van der Waals surface area contributed by atoms with Crippen molar-refractivity contribution in [3.63, 3.8) is 0 Å². The molecule has 0 fully saturated rings. The minimum atomic E-state index is 0.586. The van der Waals surface area contributed by atoms with Gasteiger partial charge in [-0.05, 0) is 85.5 Å². The Morgan fingerprint density at radius 1 is 0.579 bits per heavy atom. The van der Waals surface area contributed by atoms with Crippen molar-refractivity contribution in [1.29, 1.82) is 0 Å². The molecule has 0 aliphatic heterocycles. The zero-order chi connectivity index (χ0) is 39.1. The molecule has 8 aromatic rings. The van der Waals surface area contributed by atoms with Crippen LogP contribution in [0.3, 0.4) is 0 Å². The summed E-state index contributed by atoms with van der Waals surface area (Å²) in [7, 11) is 0. The highest BCUT2D eigenvalue weighted by molar-refractivity contribution is 6.12. The number of hydrogen-bond donors (Lipinski definition) is 0. The third kappa shape index (κ3) is 7.51. The molecule has 0 N–H and O–H groups in total. The van der Waals surface area contributed by atoms with E-state index in [1.807, 2.05) is 106 Å². The fourth-order valence-corrected chi connectivity index (χ4v) is 7.13. The number of fused-ring (bicyclic) bond motifs is 3. The summed E-state index contributed by atoms with van der Waals surface area (Å²) in [6.07, 6.45) is 14.1. The van der Waals surface area contributed by atoms with Crippen LogP contribution in [-0.4, -0.2) is 15.0 Å². The molecule has 0 aliphatic rings. The molecule has 0 saturated carbocycles. The zero-order valence-corrected chi connectivity index (χ0v) is 32.3. The van der Waals surface area contributed by atoms with Crippen molar-refractivity contribution in [3.05, 3.63) is 206 Å². The molecule has 5 nitrogen and oxygen atoms in total. The highest BCUT2D eigenvalue weighted by Gasteiger charge is 2.20. The second kappa shape index (κ2) is 16.6. The molecule has 6 aromatic carbocycles. The Morgan fingerprint density at radius 3 is 1.89 bits per heavy atom. The summed E-state index contributed by atoms with van der Waals surface area (Å²) >= 11 is 0. The van der Waals surface area contributed by atoms with Crippen LogP contribution < -0.4 is 4.90 Å². The van der Waals surface area contributed by atoms with E-state index in [-0.39, 0.29) is 0 Å². The van der Waals surface area contributed by atoms with Gasteiger partial charge in [-0.25, -0.2) is 15.0 Å². The molecular formula is C52H42N4O. The molecule has 0 atom stereocenters. The van der Waals surface area contributed by atoms with E-state index in [1.165, 1.54) is 5.56 Å². The number of anilines is 3. The van der Waals surface area contributed by atoms with Gasteiger partial charge in [0.1, 0.15) is 11.2 Å². The Hall–Kier alpha value is -7.37. The Labute approximate surface area is 334 Å². The third-order valence-corrected chi connectivity index (χ3v) is 9.94. The van der Waals surface area contributed by atoms with Gasteiger partial charge in [-0.1, -0.05) is 146 Å². The molecule has 57 heavy (non-hydrogen) atoms. The first-order valence-electron chi connectivity index (χ1n) is 19.2. The number of rotatable bonds is 11. The van der Waals surface area contributed by atoms with Gasteiger partial charge in [-0.2, -0.15) is 0 Å². The predicted molar refractivity (Wildman–Crippen MR) is 240 cm³/mol. The third-order valence-electron chi connectivity index (χ3n) is 9.94. The topological polar surface area (TPSA) is 55.1 Å². The first-order chi connectivity index (χ1) is 28.1. The van der Waals surface area contributed by atoms with E-state index in [2.05, 4.69) is 115 Å². The lowest BCUT2D eigenvalue weighted by molar-refractivity contribution is 0.669. The average molecular weight is 739 g/mol. The number of allylic oxidation sites excluding steroid dienone is 9. The smallest absolute Gasteiger partial charge is 0.164 e. The van der Waals surface area contributed by atoms with E-state index in [4.69, 9.17) is 19.4 Å². The number of nitrogens with zero attached hydrogens (tertiary/aromatic N) is 4. The predicted octanol–water partition coefficient (Wildman–Crippen LogP) is 14.4. The van der Waals surface area contributed by atoms with E-state index >= 15 is 0 Å². The van der Waals surface area contributed by atoms with Gasteiger partial charge in [-0.15, -0.1) is 0 Å². The van der Waals surface area contributed by atoms with Crippen molar-refractivity contribution >= 4 is 50.1 Å². The fraction of sp³-hybridized carbons (Fsp3) is 0.0577. The van der Waals surface area contributed by atoms with Crippen LogP contribution in [-0.2, 0) is 0 Å². The van der Waals surface area contributed by atoms with Crippen molar-refractivity contribution in [2.45, 2.75) is 20.8 Å². The first-order valence-corrected chi connectivity index (χ1v) is 19.2. The van der Waals surface area contributed by atoms with Gasteiger partial charge >= 0.3 is 0 Å². The van der Waals surface area contributed by atoms with Crippen LogP contribution in [0.1, 0.15) is 32.2 Å². The van der Waals surface area contributed by atoms with Gasteiger partial charge in [0, 0.05) is 50.6 Å². The Kier molecular flexibility index (Phi) is 10.6. The van der Waals surface area contributed by atoms with Gasteiger partial charge in [0.05, 0.1) is 0 Å². The van der Waals surface area contributed by atoms with Crippen LogP contribution in [0, 0.1) is 0 Å². The molecule has 276 valence electrons. The largest absolute Gasteiger partial charge is 0.456 e. The Balaban J connectivity index is 1.26. The van der Waals surface area contributed by atoms with Crippen LogP contribution >= 0.6 is 0 Å². The lowest BCUT2D eigenvalue weighted by atomic mass is 10.0. The maximum atomic E-state index is 6.66. The van der Waals surface area contributed by atoms with E-state index < -0.39 is 0 Å². The first kappa shape index (κ1) is 36.6. The van der Waals surface area contributed by atoms with Crippen molar-refractivity contribution in [1.82, 2.24) is 15.0 Å². The van der Waals surface area contributed by atoms with Crippen molar-refractivity contribution in [2.75, 3.05) is 4.90 Å². The van der Waals surface area contributed by atoms with Crippen LogP contribution in [0.4, 0.5) is 17.1 Å². The van der Waals surface area contributed by atoms with Crippen LogP contribution in [0.2, 0.25) is 0 Å². The van der Waals surface area contributed by atoms with E-state index in [9.17, 15) is 0 Å². The van der Waals surface area contributed by atoms with E-state index in [0.29, 0.717) is 17.5 Å². The number of aromatic nitrogens is 3. The molecule has 0 spiro atoms. The van der Waals surface area contributed by atoms with Gasteiger partial charge in [0.2, 0.25) is 0 Å². The maximum absolute atomic E-state index is 6.66. The summed E-state index contributed by atoms with van der Waals surface area (Å²) in [6.45, 7) is 10.1. The van der Waals surface area contributed by atoms with Crippen molar-refractivity contribution in [3.8, 4) is 33.9 Å². The monoisotopic (exact) mass is 738 g/mol. The summed E-state index contributed by atoms with van der Waals surface area (Å²) in [5.74, 6) is 1.82. The molecule has 2 heterocycles. The zero-order valence-electron chi connectivity index (χ0n) is 32.3.